The van der Waals surface area contributed by atoms with Crippen LogP contribution in [0.5, 0.6) is 0 Å². The van der Waals surface area contributed by atoms with Crippen molar-refractivity contribution in [2.75, 3.05) is 6.54 Å². The lowest BCUT2D eigenvalue weighted by atomic mass is 9.81. The first-order valence-electron chi connectivity index (χ1n) is 7.58. The van der Waals surface area contributed by atoms with Crippen molar-refractivity contribution in [3.8, 4) is 5.82 Å². The van der Waals surface area contributed by atoms with Gasteiger partial charge in [-0.2, -0.15) is 5.10 Å². The summed E-state index contributed by atoms with van der Waals surface area (Å²) < 4.78 is 1.69. The van der Waals surface area contributed by atoms with E-state index in [-0.39, 0.29) is 5.91 Å². The maximum absolute atomic E-state index is 12.4. The molecule has 6 heteroatoms. The summed E-state index contributed by atoms with van der Waals surface area (Å²) in [7, 11) is 0. The van der Waals surface area contributed by atoms with Gasteiger partial charge in [0.15, 0.2) is 5.82 Å². The van der Waals surface area contributed by atoms with Gasteiger partial charge in [-0.15, -0.1) is 0 Å². The highest BCUT2D eigenvalue weighted by Crippen LogP contribution is 2.25. The lowest BCUT2D eigenvalue weighted by molar-refractivity contribution is -0.131. The second kappa shape index (κ2) is 7.17. The molecule has 0 aliphatic heterocycles. The lowest BCUT2D eigenvalue weighted by Gasteiger charge is -2.28. The van der Waals surface area contributed by atoms with E-state index >= 15 is 0 Å². The smallest absolute Gasteiger partial charge is 0.227 e. The van der Waals surface area contributed by atoms with Gasteiger partial charge >= 0.3 is 0 Å². The third-order valence-electron chi connectivity index (χ3n) is 4.23. The maximum Gasteiger partial charge on any atom is 0.227 e. The summed E-state index contributed by atoms with van der Waals surface area (Å²) in [6, 6.07) is 5.64. The predicted molar refractivity (Wildman–Crippen MR) is 85.3 cm³/mol. The summed E-state index contributed by atoms with van der Waals surface area (Å²) in [6.45, 7) is 4.81. The van der Waals surface area contributed by atoms with Gasteiger partial charge in [-0.05, 0) is 36.6 Å². The number of carbonyl (C=O) groups excluding carboxylic acids is 1. The molecule has 6 nitrogen and oxygen atoms in total. The van der Waals surface area contributed by atoms with E-state index in [0.717, 1.165) is 24.2 Å². The van der Waals surface area contributed by atoms with Gasteiger partial charge in [0.25, 0.3) is 0 Å². The van der Waals surface area contributed by atoms with Crippen molar-refractivity contribution in [2.45, 2.75) is 33.2 Å². The standard InChI is InChI=1S/C16H23N5O/c1-3-16(4-2,12-17)15(22)19-11-13-6-8-18-14(10-13)21-9-5-7-20-21/h5-10H,3-4,11-12,17H2,1-2H3,(H,19,22). The van der Waals surface area contributed by atoms with Crippen LogP contribution in [0.15, 0.2) is 36.8 Å². The molecule has 0 atom stereocenters. The molecule has 0 aliphatic rings. The highest BCUT2D eigenvalue weighted by Gasteiger charge is 2.32. The van der Waals surface area contributed by atoms with E-state index in [0.29, 0.717) is 13.1 Å². The molecule has 0 saturated heterocycles. The van der Waals surface area contributed by atoms with Crippen molar-refractivity contribution < 1.29 is 4.79 Å². The van der Waals surface area contributed by atoms with Gasteiger partial charge in [0.2, 0.25) is 5.91 Å². The summed E-state index contributed by atoms with van der Waals surface area (Å²) >= 11 is 0. The number of nitrogens with two attached hydrogens (primary N) is 1. The fourth-order valence-corrected chi connectivity index (χ4v) is 2.42. The number of aromatic nitrogens is 3. The molecule has 2 heterocycles. The number of amides is 1. The Labute approximate surface area is 130 Å². The summed E-state index contributed by atoms with van der Waals surface area (Å²) in [5.74, 6) is 0.741. The van der Waals surface area contributed by atoms with Crippen LogP contribution in [0.1, 0.15) is 32.3 Å². The number of hydrogen-bond donors (Lipinski definition) is 2. The number of nitrogens with one attached hydrogen (secondary N) is 1. The number of carbonyl (C=O) groups is 1. The molecule has 0 aliphatic carbocycles. The first kappa shape index (κ1) is 16.2. The molecule has 2 rings (SSSR count). The first-order valence-corrected chi connectivity index (χ1v) is 7.58. The quantitative estimate of drug-likeness (QED) is 0.814. The van der Waals surface area contributed by atoms with Gasteiger partial charge in [0.1, 0.15) is 0 Å². The van der Waals surface area contributed by atoms with E-state index in [1.54, 1.807) is 17.1 Å². The molecule has 0 aromatic carbocycles. The Morgan fingerprint density at radius 2 is 2.14 bits per heavy atom. The van der Waals surface area contributed by atoms with E-state index in [9.17, 15) is 4.79 Å². The first-order chi connectivity index (χ1) is 10.6. The Hall–Kier alpha value is -2.21. The number of nitrogens with zero attached hydrogens (tertiary/aromatic N) is 3. The Morgan fingerprint density at radius 3 is 2.73 bits per heavy atom. The maximum atomic E-state index is 12.4. The van der Waals surface area contributed by atoms with Crippen molar-refractivity contribution in [1.29, 1.82) is 0 Å². The third kappa shape index (κ3) is 3.33. The molecule has 22 heavy (non-hydrogen) atoms. The molecule has 118 valence electrons. The average Bonchev–Trinajstić information content (AvgIpc) is 3.10. The van der Waals surface area contributed by atoms with Crippen molar-refractivity contribution in [3.05, 3.63) is 42.4 Å². The minimum Gasteiger partial charge on any atom is -0.351 e. The Balaban J connectivity index is 2.06. The normalized spacial score (nSPS) is 11.4. The van der Waals surface area contributed by atoms with Gasteiger partial charge in [-0.1, -0.05) is 13.8 Å². The number of rotatable bonds is 7. The highest BCUT2D eigenvalue weighted by atomic mass is 16.2. The summed E-state index contributed by atoms with van der Waals surface area (Å²) in [5, 5.41) is 7.14. The molecule has 0 spiro atoms. The second-order valence-corrected chi connectivity index (χ2v) is 5.35. The largest absolute Gasteiger partial charge is 0.351 e. The van der Waals surface area contributed by atoms with E-state index in [2.05, 4.69) is 15.4 Å². The van der Waals surface area contributed by atoms with Crippen LogP contribution < -0.4 is 11.1 Å². The van der Waals surface area contributed by atoms with Crippen LogP contribution in [0, 0.1) is 5.41 Å². The molecular weight excluding hydrogens is 278 g/mol. The topological polar surface area (TPSA) is 85.8 Å². The molecule has 0 radical (unpaired) electrons. The van der Waals surface area contributed by atoms with Crippen LogP contribution in [0.3, 0.4) is 0 Å². The lowest BCUT2D eigenvalue weighted by Crippen LogP contribution is -2.45. The average molecular weight is 301 g/mol. The van der Waals surface area contributed by atoms with Crippen LogP contribution >= 0.6 is 0 Å². The van der Waals surface area contributed by atoms with Gasteiger partial charge in [-0.3, -0.25) is 4.79 Å². The second-order valence-electron chi connectivity index (χ2n) is 5.35. The minimum atomic E-state index is -0.474. The molecular formula is C16H23N5O. The highest BCUT2D eigenvalue weighted by molar-refractivity contribution is 5.82. The molecule has 2 aromatic heterocycles. The molecule has 3 N–H and O–H groups in total. The van der Waals surface area contributed by atoms with E-state index in [4.69, 9.17) is 5.73 Å². The number of hydrogen-bond acceptors (Lipinski definition) is 4. The SMILES string of the molecule is CCC(CC)(CN)C(=O)NCc1ccnc(-n2cccn2)c1. The zero-order chi connectivity index (χ0) is 16.0. The Morgan fingerprint density at radius 1 is 1.36 bits per heavy atom. The van der Waals surface area contributed by atoms with E-state index in [1.165, 1.54) is 0 Å². The third-order valence-corrected chi connectivity index (χ3v) is 4.23. The molecule has 0 unspecified atom stereocenters. The fourth-order valence-electron chi connectivity index (χ4n) is 2.42. The van der Waals surface area contributed by atoms with Gasteiger partial charge in [0.05, 0.1) is 5.41 Å². The minimum absolute atomic E-state index is 0.0115. The van der Waals surface area contributed by atoms with Gasteiger partial charge in [-0.25, -0.2) is 9.67 Å². The van der Waals surface area contributed by atoms with Crippen LogP contribution in [-0.2, 0) is 11.3 Å². The summed E-state index contributed by atoms with van der Waals surface area (Å²) in [4.78, 5) is 16.7. The van der Waals surface area contributed by atoms with Crippen LogP contribution in [0.4, 0.5) is 0 Å². The van der Waals surface area contributed by atoms with Crippen molar-refractivity contribution in [2.24, 2.45) is 11.1 Å². The van der Waals surface area contributed by atoms with Crippen LogP contribution in [0.25, 0.3) is 5.82 Å². The van der Waals surface area contributed by atoms with Crippen molar-refractivity contribution in [1.82, 2.24) is 20.1 Å². The predicted octanol–water partition coefficient (Wildman–Crippen LogP) is 1.65. The van der Waals surface area contributed by atoms with Gasteiger partial charge in [0, 0.05) is 31.7 Å². The molecule has 2 aromatic rings. The monoisotopic (exact) mass is 301 g/mol. The zero-order valence-corrected chi connectivity index (χ0v) is 13.1. The molecule has 0 saturated carbocycles. The fraction of sp³-hybridized carbons (Fsp3) is 0.438. The van der Waals surface area contributed by atoms with E-state index in [1.807, 2.05) is 38.2 Å². The summed E-state index contributed by atoms with van der Waals surface area (Å²) in [6.07, 6.45) is 6.72. The number of pyridine rings is 1. The molecule has 0 bridgehead atoms. The zero-order valence-electron chi connectivity index (χ0n) is 13.1. The summed E-state index contributed by atoms with van der Waals surface area (Å²) in [5.41, 5.74) is 6.31. The molecule has 0 fully saturated rings. The van der Waals surface area contributed by atoms with Crippen LogP contribution in [-0.4, -0.2) is 27.2 Å². The Bertz CT molecular complexity index is 596. The van der Waals surface area contributed by atoms with Crippen LogP contribution in [0.2, 0.25) is 0 Å². The van der Waals surface area contributed by atoms with Crippen molar-refractivity contribution in [3.63, 3.8) is 0 Å². The molecule has 1 amide bonds. The van der Waals surface area contributed by atoms with E-state index < -0.39 is 5.41 Å². The Kier molecular flexibility index (Phi) is 5.27. The van der Waals surface area contributed by atoms with Gasteiger partial charge < -0.3 is 11.1 Å². The van der Waals surface area contributed by atoms with Crippen molar-refractivity contribution >= 4 is 5.91 Å².